The normalized spacial score (nSPS) is 12.1. The zero-order chi connectivity index (χ0) is 9.78. The zero-order valence-electron chi connectivity index (χ0n) is 7.77. The van der Waals surface area contributed by atoms with Crippen LogP contribution in [-0.4, -0.2) is 12.2 Å². The number of hydrogen-bond donors (Lipinski definition) is 0. The molecule has 0 unspecified atom stereocenters. The van der Waals surface area contributed by atoms with Gasteiger partial charge in [-0.05, 0) is 27.7 Å². The molecule has 0 radical (unpaired) electrons. The van der Waals surface area contributed by atoms with Crippen molar-refractivity contribution in [2.45, 2.75) is 39.9 Å². The van der Waals surface area contributed by atoms with Crippen LogP contribution in [0.3, 0.4) is 0 Å². The minimum absolute atomic E-state index is 0.269. The van der Waals surface area contributed by atoms with Crippen molar-refractivity contribution in [1.29, 1.82) is 5.26 Å². The Hall–Kier alpha value is -0.360. The van der Waals surface area contributed by atoms with E-state index in [0.29, 0.717) is 0 Å². The molecular weight excluding hydrogens is 177 g/mol. The maximum absolute atomic E-state index is 11.4. The smallest absolute Gasteiger partial charge is 0.295 e. The van der Waals surface area contributed by atoms with E-state index in [2.05, 4.69) is 0 Å². The fourth-order valence-corrected chi connectivity index (χ4v) is 1.88. The first-order valence-corrected chi connectivity index (χ1v) is 5.32. The van der Waals surface area contributed by atoms with E-state index in [1.54, 1.807) is 33.5 Å². The second-order valence-electron chi connectivity index (χ2n) is 2.91. The molecule has 0 N–H and O–H groups in total. The molecule has 0 saturated carbocycles. The fraction of sp³-hybridized carbons (Fsp3) is 0.857. The van der Waals surface area contributed by atoms with Crippen LogP contribution < -0.4 is 0 Å². The molecule has 0 rings (SSSR count). The van der Waals surface area contributed by atoms with Gasteiger partial charge < -0.3 is 0 Å². The van der Waals surface area contributed by atoms with Gasteiger partial charge in [-0.15, -0.1) is 0 Å². The molecule has 0 bridgehead atoms. The Morgan fingerprint density at radius 2 is 1.50 bits per heavy atom. The largest absolute Gasteiger partial charge is 0.432 e. The van der Waals surface area contributed by atoms with Gasteiger partial charge in [0.2, 0.25) is 0 Å². The molecule has 0 aliphatic rings. The van der Waals surface area contributed by atoms with E-state index >= 15 is 0 Å². The Balaban J connectivity index is 4.29. The Morgan fingerprint density at radius 3 is 1.67 bits per heavy atom. The monoisotopic (exact) mass is 191 g/mol. The highest BCUT2D eigenvalue weighted by Crippen LogP contribution is 2.48. The zero-order valence-corrected chi connectivity index (χ0v) is 8.67. The van der Waals surface area contributed by atoms with Gasteiger partial charge in [-0.1, -0.05) is 0 Å². The van der Waals surface area contributed by atoms with Gasteiger partial charge in [0.25, 0.3) is 0 Å². The summed E-state index contributed by atoms with van der Waals surface area (Å²) in [4.78, 5) is 0. The molecule has 0 fully saturated rings. The van der Waals surface area contributed by atoms with Crippen molar-refractivity contribution in [2.75, 3.05) is 0 Å². The van der Waals surface area contributed by atoms with Crippen LogP contribution in [0.25, 0.3) is 0 Å². The SMILES string of the molecule is CC(C)OP(=O)(C#N)OC(C)C. The van der Waals surface area contributed by atoms with E-state index in [1.165, 1.54) is 0 Å². The summed E-state index contributed by atoms with van der Waals surface area (Å²) in [6, 6.07) is 0. The number of nitriles is 1. The molecule has 0 atom stereocenters. The van der Waals surface area contributed by atoms with Crippen LogP contribution in [0.1, 0.15) is 27.7 Å². The standard InChI is InChI=1S/C7H14NO3P/c1-6(2)10-12(9,5-8)11-7(3)4/h6-7H,1-4H3. The Morgan fingerprint density at radius 1 is 1.17 bits per heavy atom. The van der Waals surface area contributed by atoms with E-state index < -0.39 is 7.60 Å². The van der Waals surface area contributed by atoms with Gasteiger partial charge in [-0.2, -0.15) is 5.26 Å². The summed E-state index contributed by atoms with van der Waals surface area (Å²) >= 11 is 0. The second kappa shape index (κ2) is 4.61. The van der Waals surface area contributed by atoms with Crippen molar-refractivity contribution in [3.05, 3.63) is 0 Å². The Labute approximate surface area is 73.0 Å². The average Bonchev–Trinajstić information content (AvgIpc) is 1.83. The summed E-state index contributed by atoms with van der Waals surface area (Å²) in [7, 11) is -3.51. The van der Waals surface area contributed by atoms with Gasteiger partial charge >= 0.3 is 7.60 Å². The van der Waals surface area contributed by atoms with Gasteiger partial charge in [0, 0.05) is 0 Å². The fourth-order valence-electron chi connectivity index (χ4n) is 0.627. The summed E-state index contributed by atoms with van der Waals surface area (Å²) in [5, 5.41) is 8.52. The van der Waals surface area contributed by atoms with E-state index in [4.69, 9.17) is 14.3 Å². The highest BCUT2D eigenvalue weighted by atomic mass is 31.2. The highest BCUT2D eigenvalue weighted by molar-refractivity contribution is 7.59. The molecular formula is C7H14NO3P. The van der Waals surface area contributed by atoms with Crippen molar-refractivity contribution < 1.29 is 13.6 Å². The van der Waals surface area contributed by atoms with Crippen molar-refractivity contribution in [3.63, 3.8) is 0 Å². The van der Waals surface area contributed by atoms with Crippen LogP contribution in [0.2, 0.25) is 0 Å². The first kappa shape index (κ1) is 11.6. The molecule has 0 saturated heterocycles. The summed E-state index contributed by atoms with van der Waals surface area (Å²) in [5.74, 6) is 1.55. The number of nitrogens with zero attached hydrogens (tertiary/aromatic N) is 1. The van der Waals surface area contributed by atoms with E-state index in [1.807, 2.05) is 0 Å². The van der Waals surface area contributed by atoms with Crippen LogP contribution in [0.4, 0.5) is 0 Å². The predicted molar refractivity (Wildman–Crippen MR) is 45.7 cm³/mol. The summed E-state index contributed by atoms with van der Waals surface area (Å²) in [6.07, 6.45) is -0.538. The molecule has 0 aromatic carbocycles. The summed E-state index contributed by atoms with van der Waals surface area (Å²) in [6.45, 7) is 6.81. The molecule has 0 spiro atoms. The number of rotatable bonds is 4. The molecule has 0 aliphatic carbocycles. The quantitative estimate of drug-likeness (QED) is 0.640. The minimum atomic E-state index is -3.51. The van der Waals surface area contributed by atoms with Gasteiger partial charge in [0.05, 0.1) is 12.2 Å². The highest BCUT2D eigenvalue weighted by Gasteiger charge is 2.26. The third-order valence-corrected chi connectivity index (χ3v) is 2.46. The molecule has 0 heterocycles. The lowest BCUT2D eigenvalue weighted by Crippen LogP contribution is -2.06. The molecule has 12 heavy (non-hydrogen) atoms. The Bertz CT molecular complexity index is 205. The maximum atomic E-state index is 11.4. The van der Waals surface area contributed by atoms with E-state index in [9.17, 15) is 4.57 Å². The van der Waals surface area contributed by atoms with Gasteiger partial charge in [-0.3, -0.25) is 9.05 Å². The van der Waals surface area contributed by atoms with Crippen LogP contribution >= 0.6 is 7.60 Å². The summed E-state index contributed by atoms with van der Waals surface area (Å²) in [5.41, 5.74) is 0. The number of hydrogen-bond acceptors (Lipinski definition) is 4. The molecule has 5 heteroatoms. The lowest BCUT2D eigenvalue weighted by Gasteiger charge is -2.15. The third-order valence-electron chi connectivity index (χ3n) is 0.822. The molecule has 70 valence electrons. The molecule has 0 aromatic heterocycles. The van der Waals surface area contributed by atoms with Gasteiger partial charge in [-0.25, -0.2) is 4.57 Å². The van der Waals surface area contributed by atoms with Crippen molar-refractivity contribution in [3.8, 4) is 5.81 Å². The van der Waals surface area contributed by atoms with Crippen LogP contribution in [0.15, 0.2) is 0 Å². The van der Waals surface area contributed by atoms with Gasteiger partial charge in [0.1, 0.15) is 0 Å². The lowest BCUT2D eigenvalue weighted by atomic mass is 10.5. The maximum Gasteiger partial charge on any atom is 0.432 e. The molecule has 0 aromatic rings. The average molecular weight is 191 g/mol. The Kier molecular flexibility index (Phi) is 4.47. The lowest BCUT2D eigenvalue weighted by molar-refractivity contribution is 0.150. The van der Waals surface area contributed by atoms with Crippen molar-refractivity contribution in [1.82, 2.24) is 0 Å². The van der Waals surface area contributed by atoms with Crippen LogP contribution in [0, 0.1) is 11.1 Å². The summed E-state index contributed by atoms with van der Waals surface area (Å²) < 4.78 is 21.1. The molecule has 0 aliphatic heterocycles. The second-order valence-corrected chi connectivity index (χ2v) is 4.52. The minimum Gasteiger partial charge on any atom is -0.295 e. The molecule has 4 nitrogen and oxygen atoms in total. The first-order chi connectivity index (χ1) is 5.39. The van der Waals surface area contributed by atoms with E-state index in [0.717, 1.165) is 0 Å². The topological polar surface area (TPSA) is 59.3 Å². The first-order valence-electron chi connectivity index (χ1n) is 3.78. The van der Waals surface area contributed by atoms with Gasteiger partial charge in [0.15, 0.2) is 5.81 Å². The van der Waals surface area contributed by atoms with Crippen LogP contribution in [-0.2, 0) is 13.6 Å². The molecule has 0 amide bonds. The van der Waals surface area contributed by atoms with Crippen molar-refractivity contribution in [2.24, 2.45) is 0 Å². The van der Waals surface area contributed by atoms with Crippen LogP contribution in [0.5, 0.6) is 0 Å². The third kappa shape index (κ3) is 4.50. The van der Waals surface area contributed by atoms with Crippen molar-refractivity contribution >= 4 is 7.60 Å². The predicted octanol–water partition coefficient (Wildman–Crippen LogP) is 2.51. The van der Waals surface area contributed by atoms with E-state index in [-0.39, 0.29) is 12.2 Å².